The number of hydrogen-bond acceptors (Lipinski definition) is 4. The van der Waals surface area contributed by atoms with Gasteiger partial charge in [0, 0.05) is 12.6 Å². The maximum absolute atomic E-state index is 12.4. The first-order chi connectivity index (χ1) is 9.94. The van der Waals surface area contributed by atoms with Crippen molar-refractivity contribution in [1.82, 2.24) is 10.0 Å². The second-order valence-corrected chi connectivity index (χ2v) is 8.21. The van der Waals surface area contributed by atoms with Crippen LogP contribution in [0.3, 0.4) is 0 Å². The molecule has 0 aliphatic heterocycles. The lowest BCUT2D eigenvalue weighted by Crippen LogP contribution is -2.33. The van der Waals surface area contributed by atoms with Crippen LogP contribution in [-0.4, -0.2) is 22.0 Å². The molecule has 0 spiro atoms. The van der Waals surface area contributed by atoms with Gasteiger partial charge >= 0.3 is 0 Å². The fourth-order valence-electron chi connectivity index (χ4n) is 2.83. The zero-order chi connectivity index (χ0) is 15.5. The van der Waals surface area contributed by atoms with Crippen LogP contribution in [0.1, 0.15) is 38.4 Å². The fourth-order valence-corrected chi connectivity index (χ4v) is 4.92. The smallest absolute Gasteiger partial charge is 0.244 e. The van der Waals surface area contributed by atoms with Crippen molar-refractivity contribution in [2.75, 3.05) is 13.6 Å². The molecule has 1 aliphatic carbocycles. The van der Waals surface area contributed by atoms with Crippen molar-refractivity contribution in [3.8, 4) is 0 Å². The van der Waals surface area contributed by atoms with Gasteiger partial charge in [-0.3, -0.25) is 0 Å². The van der Waals surface area contributed by atoms with Crippen LogP contribution in [0.5, 0.6) is 0 Å². The first-order valence-electron chi connectivity index (χ1n) is 7.36. The molecule has 1 heterocycles. The van der Waals surface area contributed by atoms with Crippen LogP contribution in [0, 0.1) is 11.8 Å². The molecule has 1 fully saturated rings. The molecule has 0 saturated heterocycles. The van der Waals surface area contributed by atoms with Crippen LogP contribution in [0.4, 0.5) is 0 Å². The summed E-state index contributed by atoms with van der Waals surface area (Å²) >= 11 is 3.19. The monoisotopic (exact) mass is 378 g/mol. The van der Waals surface area contributed by atoms with E-state index in [1.165, 1.54) is 19.3 Å². The van der Waals surface area contributed by atoms with Crippen LogP contribution in [-0.2, 0) is 16.6 Å². The van der Waals surface area contributed by atoms with E-state index >= 15 is 0 Å². The second-order valence-electron chi connectivity index (χ2n) is 5.75. The summed E-state index contributed by atoms with van der Waals surface area (Å²) in [6.45, 7) is 3.20. The molecular weight excluding hydrogens is 356 g/mol. The van der Waals surface area contributed by atoms with Gasteiger partial charge in [0.15, 0.2) is 4.67 Å². The lowest BCUT2D eigenvalue weighted by atomic mass is 9.81. The van der Waals surface area contributed by atoms with Crippen molar-refractivity contribution < 1.29 is 12.8 Å². The third-order valence-corrected chi connectivity index (χ3v) is 6.45. The summed E-state index contributed by atoms with van der Waals surface area (Å²) in [7, 11) is -1.74. The summed E-state index contributed by atoms with van der Waals surface area (Å²) in [5, 5.41) is 2.94. The molecule has 0 bridgehead atoms. The van der Waals surface area contributed by atoms with E-state index in [4.69, 9.17) is 4.42 Å². The molecule has 1 aromatic rings. The number of rotatable bonds is 6. The van der Waals surface area contributed by atoms with Crippen molar-refractivity contribution in [1.29, 1.82) is 0 Å². The summed E-state index contributed by atoms with van der Waals surface area (Å²) in [6, 6.07) is 1.56. The largest absolute Gasteiger partial charge is 0.452 e. The number of halogens is 1. The number of nitrogens with one attached hydrogen (secondary N) is 2. The van der Waals surface area contributed by atoms with Gasteiger partial charge in [-0.2, -0.15) is 0 Å². The van der Waals surface area contributed by atoms with Crippen molar-refractivity contribution in [3.63, 3.8) is 0 Å². The molecule has 0 aromatic carbocycles. The molecule has 1 aromatic heterocycles. The Kier molecular flexibility index (Phi) is 5.88. The first-order valence-corrected chi connectivity index (χ1v) is 9.64. The molecule has 2 atom stereocenters. The Labute approximate surface area is 135 Å². The van der Waals surface area contributed by atoms with E-state index in [-0.39, 0.29) is 9.56 Å². The van der Waals surface area contributed by atoms with Crippen LogP contribution in [0.25, 0.3) is 0 Å². The minimum Gasteiger partial charge on any atom is -0.452 e. The summed E-state index contributed by atoms with van der Waals surface area (Å²) < 4.78 is 33.2. The molecule has 0 radical (unpaired) electrons. The average molecular weight is 379 g/mol. The third-order valence-electron chi connectivity index (χ3n) is 4.17. The van der Waals surface area contributed by atoms with Gasteiger partial charge in [-0.15, -0.1) is 0 Å². The Morgan fingerprint density at radius 1 is 1.38 bits per heavy atom. The number of hydrogen-bond donors (Lipinski definition) is 2. The van der Waals surface area contributed by atoms with E-state index in [9.17, 15) is 8.42 Å². The zero-order valence-electron chi connectivity index (χ0n) is 12.5. The van der Waals surface area contributed by atoms with Crippen molar-refractivity contribution >= 4 is 26.0 Å². The van der Waals surface area contributed by atoms with Crippen LogP contribution in [0.2, 0.25) is 0 Å². The van der Waals surface area contributed by atoms with E-state index in [0.717, 1.165) is 6.42 Å². The molecular formula is C14H23BrN2O3S. The highest BCUT2D eigenvalue weighted by atomic mass is 79.9. The Balaban J connectivity index is 2.04. The quantitative estimate of drug-likeness (QED) is 0.798. The minimum absolute atomic E-state index is 0.177. The Morgan fingerprint density at radius 2 is 2.10 bits per heavy atom. The Bertz CT molecular complexity index is 571. The van der Waals surface area contributed by atoms with Gasteiger partial charge in [0.1, 0.15) is 10.7 Å². The lowest BCUT2D eigenvalue weighted by molar-refractivity contribution is 0.257. The lowest BCUT2D eigenvalue weighted by Gasteiger charge is -2.28. The van der Waals surface area contributed by atoms with Crippen LogP contribution in [0.15, 0.2) is 20.0 Å². The van der Waals surface area contributed by atoms with E-state index in [1.54, 1.807) is 13.1 Å². The van der Waals surface area contributed by atoms with Crippen LogP contribution < -0.4 is 10.0 Å². The fraction of sp³-hybridized carbons (Fsp3) is 0.714. The first kappa shape index (κ1) is 17.0. The predicted molar refractivity (Wildman–Crippen MR) is 85.5 cm³/mol. The summed E-state index contributed by atoms with van der Waals surface area (Å²) in [4.78, 5) is 0.177. The highest BCUT2D eigenvalue weighted by Gasteiger charge is 2.26. The number of furan rings is 1. The molecule has 1 saturated carbocycles. The molecule has 0 amide bonds. The minimum atomic E-state index is -3.53. The van der Waals surface area contributed by atoms with Gasteiger partial charge in [0.2, 0.25) is 10.0 Å². The second kappa shape index (κ2) is 7.26. The van der Waals surface area contributed by atoms with E-state index < -0.39 is 10.0 Å². The van der Waals surface area contributed by atoms with E-state index in [1.807, 2.05) is 0 Å². The summed E-state index contributed by atoms with van der Waals surface area (Å²) in [5.41, 5.74) is 0. The molecule has 2 unspecified atom stereocenters. The van der Waals surface area contributed by atoms with Crippen molar-refractivity contribution in [2.24, 2.45) is 11.8 Å². The maximum Gasteiger partial charge on any atom is 0.244 e. The van der Waals surface area contributed by atoms with Gasteiger partial charge in [0.05, 0.1) is 6.54 Å². The van der Waals surface area contributed by atoms with Gasteiger partial charge in [0.25, 0.3) is 0 Å². The molecule has 21 heavy (non-hydrogen) atoms. The third kappa shape index (κ3) is 4.31. The summed E-state index contributed by atoms with van der Waals surface area (Å²) in [6.07, 6.45) is 4.74. The molecule has 1 aliphatic rings. The predicted octanol–water partition coefficient (Wildman–Crippen LogP) is 2.87. The van der Waals surface area contributed by atoms with E-state index in [0.29, 0.717) is 30.7 Å². The average Bonchev–Trinajstić information content (AvgIpc) is 2.80. The van der Waals surface area contributed by atoms with Gasteiger partial charge in [-0.1, -0.05) is 26.2 Å². The molecule has 7 heteroatoms. The molecule has 2 N–H and O–H groups in total. The molecule has 5 nitrogen and oxygen atoms in total. The van der Waals surface area contributed by atoms with Gasteiger partial charge in [-0.05, 0) is 41.2 Å². The van der Waals surface area contributed by atoms with Crippen molar-refractivity contribution in [2.45, 2.75) is 44.0 Å². The maximum atomic E-state index is 12.4. The highest BCUT2D eigenvalue weighted by molar-refractivity contribution is 9.10. The van der Waals surface area contributed by atoms with Crippen LogP contribution >= 0.6 is 15.9 Å². The topological polar surface area (TPSA) is 71.3 Å². The SMILES string of the molecule is CNCc1cc(S(=O)(=O)NCC2CCCCC2C)c(Br)o1. The molecule has 2 rings (SSSR count). The standard InChI is InChI=1S/C14H23BrN2O3S/c1-10-5-3-4-6-11(10)8-17-21(18,19)13-7-12(9-16-2)20-14(13)15/h7,10-11,16-17H,3-6,8-9H2,1-2H3. The summed E-state index contributed by atoms with van der Waals surface area (Å²) in [5.74, 6) is 1.60. The number of sulfonamides is 1. The van der Waals surface area contributed by atoms with Gasteiger partial charge < -0.3 is 9.73 Å². The van der Waals surface area contributed by atoms with E-state index in [2.05, 4.69) is 32.9 Å². The Hall–Kier alpha value is -0.370. The molecule has 120 valence electrons. The highest BCUT2D eigenvalue weighted by Crippen LogP contribution is 2.30. The zero-order valence-corrected chi connectivity index (χ0v) is 14.9. The normalized spacial score (nSPS) is 23.4. The van der Waals surface area contributed by atoms with Crippen molar-refractivity contribution in [3.05, 3.63) is 16.5 Å². The van der Waals surface area contributed by atoms with Gasteiger partial charge in [-0.25, -0.2) is 13.1 Å². The Morgan fingerprint density at radius 3 is 2.76 bits per heavy atom.